The molecule has 1 fully saturated rings. The Morgan fingerprint density at radius 3 is 2.23 bits per heavy atom. The molecule has 0 spiro atoms. The number of nitrogens with zero attached hydrogens (tertiary/aromatic N) is 4. The van der Waals surface area contributed by atoms with Gasteiger partial charge in [0.1, 0.15) is 11.6 Å². The molecule has 2 aromatic carbocycles. The molecule has 6 nitrogen and oxygen atoms in total. The Bertz CT molecular complexity index is 1050. The van der Waals surface area contributed by atoms with Crippen molar-refractivity contribution in [3.8, 4) is 5.75 Å². The molecule has 0 radical (unpaired) electrons. The lowest BCUT2D eigenvalue weighted by Crippen LogP contribution is -2.49. The molecule has 4 rings (SSSR count). The predicted molar refractivity (Wildman–Crippen MR) is 118 cm³/mol. The SMILES string of the molecule is COc1ccc(/C=C(/C(=O)N2CCN(c3ncccn3)CC2)c2ccc(F)cc2)cc1. The zero-order valence-corrected chi connectivity index (χ0v) is 17.2. The maximum absolute atomic E-state index is 13.5. The number of hydrogen-bond acceptors (Lipinski definition) is 5. The van der Waals surface area contributed by atoms with E-state index in [2.05, 4.69) is 14.9 Å². The molecule has 158 valence electrons. The normalized spacial score (nSPS) is 14.5. The van der Waals surface area contributed by atoms with E-state index in [1.807, 2.05) is 35.2 Å². The summed E-state index contributed by atoms with van der Waals surface area (Å²) in [6, 6.07) is 15.3. The van der Waals surface area contributed by atoms with E-state index in [0.717, 1.165) is 11.3 Å². The fourth-order valence-electron chi connectivity index (χ4n) is 3.50. The van der Waals surface area contributed by atoms with Crippen molar-refractivity contribution < 1.29 is 13.9 Å². The van der Waals surface area contributed by atoms with Crippen LogP contribution in [-0.2, 0) is 4.79 Å². The molecule has 3 aromatic rings. The Morgan fingerprint density at radius 1 is 0.968 bits per heavy atom. The molecule has 7 heteroatoms. The van der Waals surface area contributed by atoms with Crippen LogP contribution in [0.15, 0.2) is 67.0 Å². The molecule has 0 bridgehead atoms. The molecule has 0 saturated carbocycles. The first-order valence-corrected chi connectivity index (χ1v) is 10.1. The number of aromatic nitrogens is 2. The third kappa shape index (κ3) is 4.88. The molecule has 0 N–H and O–H groups in total. The number of benzene rings is 2. The molecule has 2 heterocycles. The van der Waals surface area contributed by atoms with Crippen LogP contribution in [0.25, 0.3) is 11.6 Å². The fourth-order valence-corrected chi connectivity index (χ4v) is 3.50. The number of carbonyl (C=O) groups excluding carboxylic acids is 1. The highest BCUT2D eigenvalue weighted by molar-refractivity contribution is 6.24. The lowest BCUT2D eigenvalue weighted by atomic mass is 10.0. The molecular weight excluding hydrogens is 395 g/mol. The molecule has 1 aromatic heterocycles. The van der Waals surface area contributed by atoms with Gasteiger partial charge < -0.3 is 14.5 Å². The van der Waals surface area contributed by atoms with Gasteiger partial charge in [-0.15, -0.1) is 0 Å². The topological polar surface area (TPSA) is 58.6 Å². The van der Waals surface area contributed by atoms with Crippen LogP contribution in [0.2, 0.25) is 0 Å². The van der Waals surface area contributed by atoms with Crippen molar-refractivity contribution >= 4 is 23.5 Å². The predicted octanol–water partition coefficient (Wildman–Crippen LogP) is 3.51. The van der Waals surface area contributed by atoms with Gasteiger partial charge in [0.15, 0.2) is 0 Å². The van der Waals surface area contributed by atoms with Gasteiger partial charge in [0.2, 0.25) is 5.95 Å². The number of hydrogen-bond donors (Lipinski definition) is 0. The minimum absolute atomic E-state index is 0.0870. The van der Waals surface area contributed by atoms with Crippen molar-refractivity contribution in [3.05, 3.63) is 83.9 Å². The third-order valence-corrected chi connectivity index (χ3v) is 5.21. The van der Waals surface area contributed by atoms with Crippen LogP contribution >= 0.6 is 0 Å². The Morgan fingerprint density at radius 2 is 1.61 bits per heavy atom. The number of ether oxygens (including phenoxy) is 1. The van der Waals surface area contributed by atoms with Crippen LogP contribution in [0.4, 0.5) is 10.3 Å². The largest absolute Gasteiger partial charge is 0.497 e. The van der Waals surface area contributed by atoms with Gasteiger partial charge in [0.25, 0.3) is 5.91 Å². The Labute approximate surface area is 180 Å². The van der Waals surface area contributed by atoms with Crippen molar-refractivity contribution in [3.63, 3.8) is 0 Å². The van der Waals surface area contributed by atoms with Gasteiger partial charge in [-0.2, -0.15) is 0 Å². The van der Waals surface area contributed by atoms with E-state index >= 15 is 0 Å². The quantitative estimate of drug-likeness (QED) is 0.469. The molecule has 1 aliphatic rings. The number of carbonyl (C=O) groups is 1. The van der Waals surface area contributed by atoms with Crippen LogP contribution in [-0.4, -0.2) is 54.1 Å². The maximum atomic E-state index is 13.5. The second kappa shape index (κ2) is 9.38. The molecule has 31 heavy (non-hydrogen) atoms. The smallest absolute Gasteiger partial charge is 0.254 e. The standard InChI is InChI=1S/C24H23FN4O2/c1-31-21-9-3-18(4-10-21)17-22(19-5-7-20(25)8-6-19)23(30)28-13-15-29(16-14-28)24-26-11-2-12-27-24/h2-12,17H,13-16H2,1H3/b22-17+. The van der Waals surface area contributed by atoms with Gasteiger partial charge in [-0.1, -0.05) is 24.3 Å². The summed E-state index contributed by atoms with van der Waals surface area (Å²) >= 11 is 0. The molecule has 0 aliphatic carbocycles. The molecular formula is C24H23FN4O2. The van der Waals surface area contributed by atoms with E-state index in [1.165, 1.54) is 12.1 Å². The van der Waals surface area contributed by atoms with Gasteiger partial charge in [0, 0.05) is 44.1 Å². The minimum atomic E-state index is -0.337. The van der Waals surface area contributed by atoms with Crippen LogP contribution in [0.5, 0.6) is 5.75 Å². The second-order valence-corrected chi connectivity index (χ2v) is 7.17. The number of piperazine rings is 1. The van der Waals surface area contributed by atoms with Crippen molar-refractivity contribution in [2.45, 2.75) is 0 Å². The first-order chi connectivity index (χ1) is 15.1. The van der Waals surface area contributed by atoms with Crippen molar-refractivity contribution in [2.75, 3.05) is 38.2 Å². The van der Waals surface area contributed by atoms with Gasteiger partial charge in [-0.25, -0.2) is 14.4 Å². The van der Waals surface area contributed by atoms with Crippen molar-refractivity contribution in [1.82, 2.24) is 14.9 Å². The van der Waals surface area contributed by atoms with Crippen LogP contribution in [0.3, 0.4) is 0 Å². The summed E-state index contributed by atoms with van der Waals surface area (Å²) in [5.41, 5.74) is 2.07. The monoisotopic (exact) mass is 418 g/mol. The fraction of sp³-hybridized carbons (Fsp3) is 0.208. The number of rotatable bonds is 5. The Balaban J connectivity index is 1.57. The minimum Gasteiger partial charge on any atom is -0.497 e. The molecule has 1 amide bonds. The van der Waals surface area contributed by atoms with E-state index in [0.29, 0.717) is 43.3 Å². The molecule has 0 atom stereocenters. The lowest BCUT2D eigenvalue weighted by molar-refractivity contribution is -0.125. The summed E-state index contributed by atoms with van der Waals surface area (Å²) in [5.74, 6) is 0.987. The average molecular weight is 418 g/mol. The zero-order valence-electron chi connectivity index (χ0n) is 17.2. The third-order valence-electron chi connectivity index (χ3n) is 5.21. The number of amides is 1. The summed E-state index contributed by atoms with van der Waals surface area (Å²) in [5, 5.41) is 0. The lowest BCUT2D eigenvalue weighted by Gasteiger charge is -2.35. The highest BCUT2D eigenvalue weighted by Gasteiger charge is 2.25. The second-order valence-electron chi connectivity index (χ2n) is 7.17. The number of halogens is 1. The highest BCUT2D eigenvalue weighted by Crippen LogP contribution is 2.24. The molecule has 0 unspecified atom stereocenters. The van der Waals surface area contributed by atoms with E-state index in [4.69, 9.17) is 4.74 Å². The summed E-state index contributed by atoms with van der Waals surface area (Å²) < 4.78 is 18.7. The summed E-state index contributed by atoms with van der Waals surface area (Å²) in [4.78, 5) is 25.9. The van der Waals surface area contributed by atoms with E-state index in [1.54, 1.807) is 37.7 Å². The molecule has 1 saturated heterocycles. The number of methoxy groups -OCH3 is 1. The van der Waals surface area contributed by atoms with Crippen molar-refractivity contribution in [2.24, 2.45) is 0 Å². The van der Waals surface area contributed by atoms with E-state index in [-0.39, 0.29) is 11.7 Å². The van der Waals surface area contributed by atoms with Crippen molar-refractivity contribution in [1.29, 1.82) is 0 Å². The summed E-state index contributed by atoms with van der Waals surface area (Å²) in [6.07, 6.45) is 5.26. The van der Waals surface area contributed by atoms with E-state index in [9.17, 15) is 9.18 Å². The first kappa shape index (κ1) is 20.5. The van der Waals surface area contributed by atoms with Crippen LogP contribution in [0, 0.1) is 5.82 Å². The molecule has 1 aliphatic heterocycles. The Hall–Kier alpha value is -3.74. The van der Waals surface area contributed by atoms with E-state index < -0.39 is 0 Å². The van der Waals surface area contributed by atoms with Gasteiger partial charge in [-0.3, -0.25) is 4.79 Å². The number of anilines is 1. The van der Waals surface area contributed by atoms with Gasteiger partial charge in [-0.05, 0) is 47.5 Å². The summed E-state index contributed by atoms with van der Waals surface area (Å²) in [7, 11) is 1.61. The first-order valence-electron chi connectivity index (χ1n) is 10.1. The van der Waals surface area contributed by atoms with Gasteiger partial charge >= 0.3 is 0 Å². The Kier molecular flexibility index (Phi) is 6.21. The maximum Gasteiger partial charge on any atom is 0.254 e. The average Bonchev–Trinajstić information content (AvgIpc) is 2.84. The van der Waals surface area contributed by atoms with Crippen LogP contribution < -0.4 is 9.64 Å². The summed E-state index contributed by atoms with van der Waals surface area (Å²) in [6.45, 7) is 2.40. The van der Waals surface area contributed by atoms with Crippen LogP contribution in [0.1, 0.15) is 11.1 Å². The van der Waals surface area contributed by atoms with Gasteiger partial charge in [0.05, 0.1) is 7.11 Å². The zero-order chi connectivity index (χ0) is 21.6. The highest BCUT2D eigenvalue weighted by atomic mass is 19.1.